The summed E-state index contributed by atoms with van der Waals surface area (Å²) in [6.07, 6.45) is 10.8. The molecule has 0 spiro atoms. The van der Waals surface area contributed by atoms with E-state index in [9.17, 15) is 0 Å². The highest BCUT2D eigenvalue weighted by Crippen LogP contribution is 2.33. The number of allylic oxidation sites excluding steroid dienone is 6. The average molecular weight is 488 g/mol. The van der Waals surface area contributed by atoms with E-state index in [1.807, 2.05) is 0 Å². The van der Waals surface area contributed by atoms with E-state index in [-0.39, 0.29) is 6.04 Å². The lowest BCUT2D eigenvalue weighted by Gasteiger charge is -2.30. The van der Waals surface area contributed by atoms with E-state index < -0.39 is 0 Å². The molecule has 0 radical (unpaired) electrons. The van der Waals surface area contributed by atoms with Gasteiger partial charge in [-0.2, -0.15) is 0 Å². The zero-order valence-electron chi connectivity index (χ0n) is 23.3. The third-order valence-electron chi connectivity index (χ3n) is 7.00. The minimum atomic E-state index is 0.233. The number of rotatable bonds is 11. The molecule has 0 aromatic carbocycles. The zero-order valence-corrected chi connectivity index (χ0v) is 23.3. The van der Waals surface area contributed by atoms with Gasteiger partial charge in [-0.25, -0.2) is 4.98 Å². The van der Waals surface area contributed by atoms with E-state index in [0.29, 0.717) is 0 Å². The van der Waals surface area contributed by atoms with Crippen molar-refractivity contribution < 1.29 is 0 Å². The first-order valence-corrected chi connectivity index (χ1v) is 13.2. The van der Waals surface area contributed by atoms with Crippen molar-refractivity contribution in [3.05, 3.63) is 76.2 Å². The van der Waals surface area contributed by atoms with Crippen LogP contribution in [0.2, 0.25) is 0 Å². The Kier molecular flexibility index (Phi) is 9.49. The summed E-state index contributed by atoms with van der Waals surface area (Å²) in [6, 6.07) is 2.44. The van der Waals surface area contributed by atoms with Crippen molar-refractivity contribution in [2.75, 3.05) is 39.0 Å². The Morgan fingerprint density at radius 3 is 2.64 bits per heavy atom. The average Bonchev–Trinajstić information content (AvgIpc) is 2.80. The van der Waals surface area contributed by atoms with Crippen LogP contribution in [0.3, 0.4) is 0 Å². The first-order chi connectivity index (χ1) is 17.1. The van der Waals surface area contributed by atoms with Gasteiger partial charge in [-0.3, -0.25) is 0 Å². The van der Waals surface area contributed by atoms with Crippen LogP contribution in [0.15, 0.2) is 59.4 Å². The summed E-state index contributed by atoms with van der Waals surface area (Å²) in [6.45, 7) is 20.2. The summed E-state index contributed by atoms with van der Waals surface area (Å²) < 4.78 is 0. The van der Waals surface area contributed by atoms with Crippen molar-refractivity contribution in [1.29, 1.82) is 5.41 Å². The molecule has 0 saturated carbocycles. The number of aromatic nitrogens is 1. The Hall–Kier alpha value is -2.92. The van der Waals surface area contributed by atoms with Gasteiger partial charge in [0.05, 0.1) is 5.69 Å². The van der Waals surface area contributed by atoms with Gasteiger partial charge in [-0.1, -0.05) is 30.9 Å². The molecule has 1 aliphatic carbocycles. The summed E-state index contributed by atoms with van der Waals surface area (Å²) >= 11 is 0. The van der Waals surface area contributed by atoms with Crippen molar-refractivity contribution in [2.45, 2.75) is 65.8 Å². The standard InChI is InChI=1S/C31H45N5/c1-21(2)33-31-29(20-32)27(18-28-23(4)16-22(3)17-24(28)5)19-30(34-31)26-11-14-36(15-12-26)25(6)10-9-13-35(7)8/h11,17,19-21,32H,4,6,9-10,12-16,18H2,1-3,5,7-8H3,(H,33,34). The van der Waals surface area contributed by atoms with Crippen LogP contribution in [0.25, 0.3) is 5.57 Å². The normalized spacial score (nSPS) is 16.4. The number of pyridine rings is 1. The minimum Gasteiger partial charge on any atom is -0.371 e. The SMILES string of the molecule is C=C1CC(C)=CC(C)=C1Cc1cc(C2=CCN(C(=C)CCCN(C)C)CC2)nc(NC(C)C)c1C=N. The van der Waals surface area contributed by atoms with Crippen LogP contribution in [0.4, 0.5) is 5.82 Å². The maximum absolute atomic E-state index is 8.20. The van der Waals surface area contributed by atoms with E-state index >= 15 is 0 Å². The fourth-order valence-corrected chi connectivity index (χ4v) is 5.09. The lowest BCUT2D eigenvalue weighted by Crippen LogP contribution is -2.28. The van der Waals surface area contributed by atoms with Crippen LogP contribution in [-0.4, -0.2) is 60.8 Å². The monoisotopic (exact) mass is 487 g/mol. The first kappa shape index (κ1) is 27.7. The number of hydrogen-bond donors (Lipinski definition) is 2. The first-order valence-electron chi connectivity index (χ1n) is 13.2. The summed E-state index contributed by atoms with van der Waals surface area (Å²) in [5.74, 6) is 0.801. The van der Waals surface area contributed by atoms with Gasteiger partial charge >= 0.3 is 0 Å². The summed E-state index contributed by atoms with van der Waals surface area (Å²) in [7, 11) is 4.23. The molecule has 1 aromatic rings. The predicted octanol–water partition coefficient (Wildman–Crippen LogP) is 6.61. The fraction of sp³-hybridized carbons (Fsp3) is 0.484. The second kappa shape index (κ2) is 12.4. The molecule has 36 heavy (non-hydrogen) atoms. The molecule has 5 heteroatoms. The Balaban J connectivity index is 1.90. The fourth-order valence-electron chi connectivity index (χ4n) is 5.09. The molecule has 2 aliphatic rings. The molecule has 0 fully saturated rings. The zero-order chi connectivity index (χ0) is 26.4. The highest BCUT2D eigenvalue weighted by molar-refractivity contribution is 5.88. The molecule has 5 nitrogen and oxygen atoms in total. The lowest BCUT2D eigenvalue weighted by atomic mass is 9.85. The summed E-state index contributed by atoms with van der Waals surface area (Å²) in [5, 5.41) is 11.7. The number of anilines is 1. The largest absolute Gasteiger partial charge is 0.371 e. The maximum atomic E-state index is 8.20. The highest BCUT2D eigenvalue weighted by atomic mass is 15.1. The van der Waals surface area contributed by atoms with E-state index in [0.717, 1.165) is 74.4 Å². The molecular weight excluding hydrogens is 442 g/mol. The van der Waals surface area contributed by atoms with Gasteiger partial charge in [-0.05, 0) is 114 Å². The third-order valence-corrected chi connectivity index (χ3v) is 7.00. The van der Waals surface area contributed by atoms with Crippen molar-refractivity contribution >= 4 is 17.6 Å². The molecule has 0 amide bonds. The molecular formula is C31H45N5. The molecule has 0 atom stereocenters. The van der Waals surface area contributed by atoms with Crippen molar-refractivity contribution in [1.82, 2.24) is 14.8 Å². The van der Waals surface area contributed by atoms with E-state index in [2.05, 4.69) is 88.3 Å². The molecule has 0 unspecified atom stereocenters. The van der Waals surface area contributed by atoms with Crippen LogP contribution in [-0.2, 0) is 6.42 Å². The Morgan fingerprint density at radius 2 is 2.06 bits per heavy atom. The van der Waals surface area contributed by atoms with Gasteiger partial charge in [0, 0.05) is 36.6 Å². The van der Waals surface area contributed by atoms with Crippen molar-refractivity contribution in [3.8, 4) is 0 Å². The molecule has 0 saturated heterocycles. The Morgan fingerprint density at radius 1 is 1.31 bits per heavy atom. The van der Waals surface area contributed by atoms with Gasteiger partial charge in [0.1, 0.15) is 5.82 Å². The number of nitrogens with zero attached hydrogens (tertiary/aromatic N) is 3. The molecule has 2 N–H and O–H groups in total. The van der Waals surface area contributed by atoms with Crippen molar-refractivity contribution in [3.63, 3.8) is 0 Å². The lowest BCUT2D eigenvalue weighted by molar-refractivity contribution is 0.346. The van der Waals surface area contributed by atoms with Crippen LogP contribution in [0.1, 0.15) is 70.2 Å². The second-order valence-electron chi connectivity index (χ2n) is 10.9. The van der Waals surface area contributed by atoms with Crippen LogP contribution < -0.4 is 5.32 Å². The topological polar surface area (TPSA) is 55.2 Å². The van der Waals surface area contributed by atoms with Gasteiger partial charge in [0.2, 0.25) is 0 Å². The number of nitrogens with one attached hydrogen (secondary N) is 2. The van der Waals surface area contributed by atoms with Gasteiger partial charge in [0.25, 0.3) is 0 Å². The van der Waals surface area contributed by atoms with Gasteiger partial charge in [-0.15, -0.1) is 0 Å². The van der Waals surface area contributed by atoms with Gasteiger partial charge < -0.3 is 20.5 Å². The predicted molar refractivity (Wildman–Crippen MR) is 156 cm³/mol. The second-order valence-corrected chi connectivity index (χ2v) is 10.9. The smallest absolute Gasteiger partial charge is 0.135 e. The van der Waals surface area contributed by atoms with Gasteiger partial charge in [0.15, 0.2) is 0 Å². The third kappa shape index (κ3) is 7.07. The quantitative estimate of drug-likeness (QED) is 0.345. The van der Waals surface area contributed by atoms with Crippen LogP contribution in [0, 0.1) is 5.41 Å². The molecule has 1 aromatic heterocycles. The van der Waals surface area contributed by atoms with Crippen molar-refractivity contribution in [2.24, 2.45) is 0 Å². The van der Waals surface area contributed by atoms with E-state index in [1.165, 1.54) is 39.8 Å². The molecule has 1 aliphatic heterocycles. The highest BCUT2D eigenvalue weighted by Gasteiger charge is 2.21. The van der Waals surface area contributed by atoms with Crippen LogP contribution in [0.5, 0.6) is 0 Å². The molecule has 2 heterocycles. The molecule has 3 rings (SSSR count). The maximum Gasteiger partial charge on any atom is 0.135 e. The molecule has 0 bridgehead atoms. The van der Waals surface area contributed by atoms with E-state index in [1.54, 1.807) is 0 Å². The summed E-state index contributed by atoms with van der Waals surface area (Å²) in [4.78, 5) is 9.64. The molecule has 194 valence electrons. The summed E-state index contributed by atoms with van der Waals surface area (Å²) in [5.41, 5.74) is 10.6. The van der Waals surface area contributed by atoms with Crippen LogP contribution >= 0.6 is 0 Å². The minimum absolute atomic E-state index is 0.233. The Bertz CT molecular complexity index is 1100. The van der Waals surface area contributed by atoms with E-state index in [4.69, 9.17) is 10.4 Å². The Labute approximate surface area is 218 Å². The number of hydrogen-bond acceptors (Lipinski definition) is 5.